The minimum atomic E-state index is 0.0248. The van der Waals surface area contributed by atoms with Crippen molar-refractivity contribution >= 4 is 34.2 Å². The lowest BCUT2D eigenvalue weighted by Gasteiger charge is -2.00. The molecular weight excluding hydrogens is 253 g/mol. The number of halogens is 1. The van der Waals surface area contributed by atoms with E-state index in [1.165, 1.54) is 0 Å². The lowest BCUT2D eigenvalue weighted by atomic mass is 10.3. The third kappa shape index (κ3) is 2.88. The van der Waals surface area contributed by atoms with Gasteiger partial charge in [-0.2, -0.15) is 0 Å². The Morgan fingerprint density at radius 1 is 1.55 bits per heavy atom. The Morgan fingerprint density at radius 3 is 2.73 bits per heavy atom. The summed E-state index contributed by atoms with van der Waals surface area (Å²) in [7, 11) is 0. The summed E-state index contributed by atoms with van der Waals surface area (Å²) in [6.07, 6.45) is 0. The van der Waals surface area contributed by atoms with Crippen molar-refractivity contribution in [2.45, 2.75) is 0 Å². The molecule has 1 aromatic carbocycles. The van der Waals surface area contributed by atoms with Crippen LogP contribution in [0.4, 0.5) is 5.69 Å². The molecule has 0 atom stereocenters. The van der Waals surface area contributed by atoms with Gasteiger partial charge in [0, 0.05) is 5.69 Å². The smallest absolute Gasteiger partial charge is 0.234 e. The normalized spacial score (nSPS) is 9.18. The number of rotatable bonds is 2. The Morgan fingerprint density at radius 2 is 2.18 bits per heavy atom. The Bertz CT molecular complexity index is 235. The van der Waals surface area contributed by atoms with Gasteiger partial charge in [0.15, 0.2) is 0 Å². The van der Waals surface area contributed by atoms with Gasteiger partial charge in [0.2, 0.25) is 5.91 Å². The quantitative estimate of drug-likeness (QED) is 0.638. The second-order valence-electron chi connectivity index (χ2n) is 1.97. The van der Waals surface area contributed by atoms with Gasteiger partial charge in [0.1, 0.15) is 0 Å². The van der Waals surface area contributed by atoms with Gasteiger partial charge in [0.25, 0.3) is 0 Å². The molecule has 11 heavy (non-hydrogen) atoms. The molecule has 0 spiro atoms. The fourth-order valence-electron chi connectivity index (χ4n) is 0.665. The summed E-state index contributed by atoms with van der Waals surface area (Å²) >= 11 is 2.02. The van der Waals surface area contributed by atoms with Gasteiger partial charge in [0.05, 0.1) is 4.43 Å². The molecule has 0 aliphatic heterocycles. The zero-order valence-electron chi connectivity index (χ0n) is 5.80. The molecule has 3 heteroatoms. The van der Waals surface area contributed by atoms with Crippen LogP contribution in [0, 0.1) is 6.07 Å². The Kier molecular flexibility index (Phi) is 3.35. The van der Waals surface area contributed by atoms with E-state index in [1.807, 2.05) is 34.7 Å². The topological polar surface area (TPSA) is 29.1 Å². The summed E-state index contributed by atoms with van der Waals surface area (Å²) in [6.45, 7) is 0. The first-order chi connectivity index (χ1) is 5.33. The van der Waals surface area contributed by atoms with Crippen LogP contribution in [0.15, 0.2) is 24.3 Å². The minimum absolute atomic E-state index is 0.0248. The minimum Gasteiger partial charge on any atom is -0.325 e. The maximum absolute atomic E-state index is 10.9. The molecule has 1 amide bonds. The molecule has 0 fully saturated rings. The van der Waals surface area contributed by atoms with Crippen molar-refractivity contribution < 1.29 is 4.79 Å². The largest absolute Gasteiger partial charge is 0.325 e. The Hall–Kier alpha value is -0.580. The maximum Gasteiger partial charge on any atom is 0.234 e. The molecule has 0 aliphatic rings. The van der Waals surface area contributed by atoms with Crippen molar-refractivity contribution in [1.82, 2.24) is 0 Å². The van der Waals surface area contributed by atoms with Crippen LogP contribution in [-0.4, -0.2) is 10.3 Å². The second-order valence-corrected chi connectivity index (χ2v) is 2.73. The van der Waals surface area contributed by atoms with Crippen LogP contribution < -0.4 is 5.32 Å². The van der Waals surface area contributed by atoms with Gasteiger partial charge in [-0.05, 0) is 18.2 Å². The molecule has 1 aromatic rings. The number of amides is 1. The number of carbonyl (C=O) groups is 1. The maximum atomic E-state index is 10.9. The van der Waals surface area contributed by atoms with Crippen molar-refractivity contribution in [2.75, 3.05) is 9.74 Å². The predicted molar refractivity (Wildman–Crippen MR) is 52.8 cm³/mol. The molecule has 0 bridgehead atoms. The Balaban J connectivity index is 2.58. The molecule has 57 valence electrons. The van der Waals surface area contributed by atoms with Crippen molar-refractivity contribution in [3.63, 3.8) is 0 Å². The van der Waals surface area contributed by atoms with Gasteiger partial charge in [-0.1, -0.05) is 34.7 Å². The van der Waals surface area contributed by atoms with Gasteiger partial charge >= 0.3 is 0 Å². The average Bonchev–Trinajstić information content (AvgIpc) is 2.06. The first kappa shape index (κ1) is 8.52. The summed E-state index contributed by atoms with van der Waals surface area (Å²) in [4.78, 5) is 10.9. The molecule has 0 heterocycles. The molecule has 1 radical (unpaired) electrons. The third-order valence-corrected chi connectivity index (χ3v) is 1.82. The zero-order valence-corrected chi connectivity index (χ0v) is 7.96. The first-order valence-electron chi connectivity index (χ1n) is 3.15. The van der Waals surface area contributed by atoms with Gasteiger partial charge in [-0.15, -0.1) is 0 Å². The lowest BCUT2D eigenvalue weighted by Crippen LogP contribution is -2.11. The standard InChI is InChI=1S/C8H7INO/c9-6-8(11)10-7-4-2-1-3-5-7/h2-5H,6H2,(H,10,11). The third-order valence-electron chi connectivity index (χ3n) is 1.12. The van der Waals surface area contributed by atoms with Crippen molar-refractivity contribution in [1.29, 1.82) is 0 Å². The van der Waals surface area contributed by atoms with E-state index in [2.05, 4.69) is 11.4 Å². The molecule has 0 aromatic heterocycles. The molecule has 0 unspecified atom stereocenters. The fraction of sp³-hybridized carbons (Fsp3) is 0.125. The van der Waals surface area contributed by atoms with Crippen LogP contribution in [0.3, 0.4) is 0 Å². The van der Waals surface area contributed by atoms with Gasteiger partial charge in [-0.25, -0.2) is 0 Å². The molecule has 0 aliphatic carbocycles. The van der Waals surface area contributed by atoms with Gasteiger partial charge in [-0.3, -0.25) is 4.79 Å². The Labute approximate surface area is 79.1 Å². The molecular formula is C8H7INO. The van der Waals surface area contributed by atoms with E-state index in [1.54, 1.807) is 12.1 Å². The van der Waals surface area contributed by atoms with Crippen LogP contribution >= 0.6 is 22.6 Å². The van der Waals surface area contributed by atoms with E-state index in [9.17, 15) is 4.79 Å². The monoisotopic (exact) mass is 260 g/mol. The lowest BCUT2D eigenvalue weighted by molar-refractivity contribution is -0.113. The van der Waals surface area contributed by atoms with E-state index in [-0.39, 0.29) is 5.91 Å². The van der Waals surface area contributed by atoms with E-state index in [0.717, 1.165) is 5.69 Å². The van der Waals surface area contributed by atoms with Crippen LogP contribution in [0.1, 0.15) is 0 Å². The average molecular weight is 260 g/mol. The van der Waals surface area contributed by atoms with Crippen molar-refractivity contribution in [3.05, 3.63) is 30.3 Å². The first-order valence-corrected chi connectivity index (χ1v) is 4.67. The van der Waals surface area contributed by atoms with Crippen molar-refractivity contribution in [3.8, 4) is 0 Å². The van der Waals surface area contributed by atoms with E-state index >= 15 is 0 Å². The number of hydrogen-bond donors (Lipinski definition) is 1. The number of carbonyl (C=O) groups excluding carboxylic acids is 1. The molecule has 1 N–H and O–H groups in total. The van der Waals surface area contributed by atoms with Crippen molar-refractivity contribution in [2.24, 2.45) is 0 Å². The van der Waals surface area contributed by atoms with E-state index < -0.39 is 0 Å². The number of hydrogen-bond acceptors (Lipinski definition) is 1. The summed E-state index contributed by atoms with van der Waals surface area (Å²) in [6, 6.07) is 10.0. The summed E-state index contributed by atoms with van der Waals surface area (Å²) in [5.41, 5.74) is 0.824. The van der Waals surface area contributed by atoms with Crippen LogP contribution in [0.2, 0.25) is 0 Å². The number of alkyl halides is 1. The summed E-state index contributed by atoms with van der Waals surface area (Å²) in [5, 5.41) is 2.73. The van der Waals surface area contributed by atoms with Crippen LogP contribution in [0.25, 0.3) is 0 Å². The summed E-state index contributed by atoms with van der Waals surface area (Å²) < 4.78 is 0.483. The van der Waals surface area contributed by atoms with E-state index in [0.29, 0.717) is 4.43 Å². The molecule has 0 saturated carbocycles. The molecule has 1 rings (SSSR count). The highest BCUT2D eigenvalue weighted by atomic mass is 127. The predicted octanol–water partition coefficient (Wildman–Crippen LogP) is 1.86. The highest BCUT2D eigenvalue weighted by Crippen LogP contribution is 2.04. The van der Waals surface area contributed by atoms with Crippen LogP contribution in [-0.2, 0) is 4.79 Å². The number of benzene rings is 1. The molecule has 2 nitrogen and oxygen atoms in total. The fourth-order valence-corrected chi connectivity index (χ4v) is 0.855. The van der Waals surface area contributed by atoms with E-state index in [4.69, 9.17) is 0 Å². The number of nitrogens with one attached hydrogen (secondary N) is 1. The highest BCUT2D eigenvalue weighted by Gasteiger charge is 1.96. The second kappa shape index (κ2) is 4.33. The highest BCUT2D eigenvalue weighted by molar-refractivity contribution is 14.1. The van der Waals surface area contributed by atoms with Gasteiger partial charge < -0.3 is 5.32 Å². The number of anilines is 1. The summed E-state index contributed by atoms with van der Waals surface area (Å²) in [5.74, 6) is 0.0248. The SMILES string of the molecule is O=C(CI)Nc1cc[c]cc1. The van der Waals surface area contributed by atoms with Crippen LogP contribution in [0.5, 0.6) is 0 Å². The molecule has 0 saturated heterocycles. The zero-order chi connectivity index (χ0) is 8.10.